The largest absolute Gasteiger partial charge is 0.385 e. The van der Waals surface area contributed by atoms with Crippen LogP contribution in [-0.4, -0.2) is 30.2 Å². The zero-order valence-electron chi connectivity index (χ0n) is 11.0. The van der Waals surface area contributed by atoms with Gasteiger partial charge in [0.05, 0.1) is 0 Å². The molecule has 1 heterocycles. The highest BCUT2D eigenvalue weighted by atomic mass is 15.6. The van der Waals surface area contributed by atoms with E-state index in [2.05, 4.69) is 55.3 Å². The summed E-state index contributed by atoms with van der Waals surface area (Å²) >= 11 is 0. The van der Waals surface area contributed by atoms with Gasteiger partial charge in [0.1, 0.15) is 0 Å². The van der Waals surface area contributed by atoms with E-state index < -0.39 is 0 Å². The first kappa shape index (κ1) is 13.3. The van der Waals surface area contributed by atoms with E-state index in [9.17, 15) is 0 Å². The first-order valence-electron chi connectivity index (χ1n) is 6.00. The van der Waals surface area contributed by atoms with Crippen molar-refractivity contribution in [3.8, 4) is 0 Å². The molecule has 0 aromatic carbocycles. The third-order valence-electron chi connectivity index (χ3n) is 2.92. The van der Waals surface area contributed by atoms with Crippen LogP contribution in [0.2, 0.25) is 0 Å². The molecule has 1 aliphatic rings. The zero-order chi connectivity index (χ0) is 12.2. The van der Waals surface area contributed by atoms with E-state index in [1.54, 1.807) is 0 Å². The SMILES string of the molecule is C=C(NC/C=C/C)C1CNN(C(C)(C)C)C1. The molecule has 1 rings (SSSR count). The van der Waals surface area contributed by atoms with Crippen LogP contribution in [-0.2, 0) is 0 Å². The molecule has 2 N–H and O–H groups in total. The van der Waals surface area contributed by atoms with Gasteiger partial charge in [-0.1, -0.05) is 18.7 Å². The molecular weight excluding hydrogens is 198 g/mol. The summed E-state index contributed by atoms with van der Waals surface area (Å²) in [6.45, 7) is 15.7. The van der Waals surface area contributed by atoms with Crippen LogP contribution in [0.15, 0.2) is 24.4 Å². The predicted octanol–water partition coefficient (Wildman–Crippen LogP) is 1.90. The molecule has 0 aliphatic carbocycles. The molecule has 16 heavy (non-hydrogen) atoms. The second-order valence-electron chi connectivity index (χ2n) is 5.32. The zero-order valence-corrected chi connectivity index (χ0v) is 11.0. The molecule has 0 radical (unpaired) electrons. The minimum Gasteiger partial charge on any atom is -0.385 e. The number of hydrogen-bond donors (Lipinski definition) is 2. The molecule has 3 nitrogen and oxygen atoms in total. The Balaban J connectivity index is 2.38. The molecule has 0 amide bonds. The lowest BCUT2D eigenvalue weighted by Gasteiger charge is -2.31. The Morgan fingerprint density at radius 1 is 1.56 bits per heavy atom. The molecule has 0 spiro atoms. The van der Waals surface area contributed by atoms with Crippen molar-refractivity contribution in [1.82, 2.24) is 15.8 Å². The predicted molar refractivity (Wildman–Crippen MR) is 69.9 cm³/mol. The molecule has 0 bridgehead atoms. The standard InChI is InChI=1S/C13H25N3/c1-6-7-8-14-11(2)12-9-15-16(10-12)13(3,4)5/h6-7,12,14-15H,2,8-10H2,1,3-5H3/b7-6+. The van der Waals surface area contributed by atoms with Gasteiger partial charge in [-0.15, -0.1) is 0 Å². The summed E-state index contributed by atoms with van der Waals surface area (Å²) in [7, 11) is 0. The number of hydrazine groups is 1. The van der Waals surface area contributed by atoms with E-state index in [0.29, 0.717) is 5.92 Å². The van der Waals surface area contributed by atoms with Gasteiger partial charge in [-0.05, 0) is 27.7 Å². The monoisotopic (exact) mass is 223 g/mol. The molecular formula is C13H25N3. The van der Waals surface area contributed by atoms with Crippen LogP contribution in [0.25, 0.3) is 0 Å². The second kappa shape index (κ2) is 5.51. The van der Waals surface area contributed by atoms with Crippen LogP contribution in [0.4, 0.5) is 0 Å². The fraction of sp³-hybridized carbons (Fsp3) is 0.692. The number of nitrogens with zero attached hydrogens (tertiary/aromatic N) is 1. The lowest BCUT2D eigenvalue weighted by molar-refractivity contribution is 0.113. The Labute approximate surface area is 99.6 Å². The number of hydrogen-bond acceptors (Lipinski definition) is 3. The molecule has 0 aromatic heterocycles. The average Bonchev–Trinajstić information content (AvgIpc) is 2.66. The summed E-state index contributed by atoms with van der Waals surface area (Å²) in [5, 5.41) is 5.64. The Morgan fingerprint density at radius 2 is 2.25 bits per heavy atom. The van der Waals surface area contributed by atoms with E-state index in [1.165, 1.54) is 0 Å². The molecule has 3 heteroatoms. The Bertz CT molecular complexity index is 263. The van der Waals surface area contributed by atoms with Crippen molar-refractivity contribution in [2.45, 2.75) is 33.2 Å². The summed E-state index contributed by atoms with van der Waals surface area (Å²) in [5.74, 6) is 0.504. The quantitative estimate of drug-likeness (QED) is 0.713. The van der Waals surface area contributed by atoms with Crippen molar-refractivity contribution in [2.75, 3.05) is 19.6 Å². The number of nitrogens with one attached hydrogen (secondary N) is 2. The van der Waals surface area contributed by atoms with Crippen molar-refractivity contribution < 1.29 is 0 Å². The van der Waals surface area contributed by atoms with Crippen LogP contribution in [0.3, 0.4) is 0 Å². The topological polar surface area (TPSA) is 27.3 Å². The van der Waals surface area contributed by atoms with Crippen molar-refractivity contribution in [3.63, 3.8) is 0 Å². The van der Waals surface area contributed by atoms with Gasteiger partial charge >= 0.3 is 0 Å². The van der Waals surface area contributed by atoms with E-state index in [1.807, 2.05) is 6.92 Å². The van der Waals surface area contributed by atoms with Gasteiger partial charge in [0, 0.05) is 36.8 Å². The molecule has 1 unspecified atom stereocenters. The summed E-state index contributed by atoms with van der Waals surface area (Å²) < 4.78 is 0. The van der Waals surface area contributed by atoms with Gasteiger partial charge in [-0.2, -0.15) is 0 Å². The van der Waals surface area contributed by atoms with E-state index in [-0.39, 0.29) is 5.54 Å². The molecule has 1 atom stereocenters. The molecule has 0 aromatic rings. The van der Waals surface area contributed by atoms with Gasteiger partial charge in [0.25, 0.3) is 0 Å². The van der Waals surface area contributed by atoms with Crippen LogP contribution in [0.5, 0.6) is 0 Å². The summed E-state index contributed by atoms with van der Waals surface area (Å²) in [4.78, 5) is 0. The van der Waals surface area contributed by atoms with Gasteiger partial charge in [0.2, 0.25) is 0 Å². The highest BCUT2D eigenvalue weighted by molar-refractivity contribution is 5.04. The van der Waals surface area contributed by atoms with E-state index in [4.69, 9.17) is 0 Å². The number of allylic oxidation sites excluding steroid dienone is 1. The summed E-state index contributed by atoms with van der Waals surface area (Å²) in [5.41, 5.74) is 4.75. The van der Waals surface area contributed by atoms with Crippen molar-refractivity contribution in [1.29, 1.82) is 0 Å². The fourth-order valence-corrected chi connectivity index (χ4v) is 1.77. The van der Waals surface area contributed by atoms with Gasteiger partial charge in [-0.25, -0.2) is 5.01 Å². The minimum absolute atomic E-state index is 0.179. The Morgan fingerprint density at radius 3 is 2.75 bits per heavy atom. The van der Waals surface area contributed by atoms with Crippen molar-refractivity contribution >= 4 is 0 Å². The first-order chi connectivity index (χ1) is 7.45. The molecule has 1 fully saturated rings. The second-order valence-corrected chi connectivity index (χ2v) is 5.32. The van der Waals surface area contributed by atoms with Gasteiger partial charge in [0.15, 0.2) is 0 Å². The normalized spacial score (nSPS) is 22.9. The molecule has 0 saturated carbocycles. The van der Waals surface area contributed by atoms with E-state index >= 15 is 0 Å². The van der Waals surface area contributed by atoms with Gasteiger partial charge in [-0.3, -0.25) is 5.43 Å². The lowest BCUT2D eigenvalue weighted by Crippen LogP contribution is -2.45. The maximum absolute atomic E-state index is 4.11. The van der Waals surface area contributed by atoms with Crippen molar-refractivity contribution in [2.24, 2.45) is 5.92 Å². The number of rotatable bonds is 4. The third-order valence-corrected chi connectivity index (χ3v) is 2.92. The summed E-state index contributed by atoms with van der Waals surface area (Å²) in [6.07, 6.45) is 4.16. The van der Waals surface area contributed by atoms with Crippen LogP contribution in [0.1, 0.15) is 27.7 Å². The third kappa shape index (κ3) is 3.65. The highest BCUT2D eigenvalue weighted by Crippen LogP contribution is 2.20. The highest BCUT2D eigenvalue weighted by Gasteiger charge is 2.31. The molecule has 92 valence electrons. The smallest absolute Gasteiger partial charge is 0.0327 e. The molecule has 1 aliphatic heterocycles. The van der Waals surface area contributed by atoms with Gasteiger partial charge < -0.3 is 5.32 Å². The lowest BCUT2D eigenvalue weighted by atomic mass is 10.0. The van der Waals surface area contributed by atoms with Crippen molar-refractivity contribution in [3.05, 3.63) is 24.4 Å². The van der Waals surface area contributed by atoms with Crippen LogP contribution >= 0.6 is 0 Å². The Kier molecular flexibility index (Phi) is 4.56. The maximum atomic E-state index is 4.11. The average molecular weight is 223 g/mol. The molecule has 1 saturated heterocycles. The van der Waals surface area contributed by atoms with Crippen LogP contribution in [0, 0.1) is 5.92 Å². The minimum atomic E-state index is 0.179. The Hall–Kier alpha value is -0.800. The first-order valence-corrected chi connectivity index (χ1v) is 6.00. The fourth-order valence-electron chi connectivity index (χ4n) is 1.77. The van der Waals surface area contributed by atoms with Crippen LogP contribution < -0.4 is 10.7 Å². The summed E-state index contributed by atoms with van der Waals surface area (Å²) in [6, 6.07) is 0. The van der Waals surface area contributed by atoms with E-state index in [0.717, 1.165) is 25.3 Å². The maximum Gasteiger partial charge on any atom is 0.0327 e.